The van der Waals surface area contributed by atoms with Gasteiger partial charge in [-0.15, -0.1) is 11.8 Å². The minimum Gasteiger partial charge on any atom is -0.258 e. The summed E-state index contributed by atoms with van der Waals surface area (Å²) in [6.45, 7) is 0.750. The number of aryl methyl sites for hydroxylation is 1. The number of nitrogens with zero attached hydrogens (tertiary/aromatic N) is 4. The summed E-state index contributed by atoms with van der Waals surface area (Å²) in [5.41, 5.74) is 0.831. The van der Waals surface area contributed by atoms with Crippen LogP contribution < -0.4 is 0 Å². The van der Waals surface area contributed by atoms with Crippen molar-refractivity contribution in [2.45, 2.75) is 11.4 Å². The second-order valence-corrected chi connectivity index (χ2v) is 5.97. The molecule has 6 nitrogen and oxygen atoms in total. The Balaban J connectivity index is 1.60. The molecule has 0 atom stereocenters. The lowest BCUT2D eigenvalue weighted by atomic mass is 10.2. The molecule has 0 unspecified atom stereocenters. The second kappa shape index (κ2) is 7.06. The van der Waals surface area contributed by atoms with E-state index in [0.29, 0.717) is 5.82 Å². The SMILES string of the molecule is O=[N+]([O-])c1ccc(-c2ncn(CCSc3ccccc3)n2)cc1. The Morgan fingerprint density at radius 3 is 2.52 bits per heavy atom. The van der Waals surface area contributed by atoms with Crippen molar-refractivity contribution in [2.75, 3.05) is 5.75 Å². The van der Waals surface area contributed by atoms with E-state index in [-0.39, 0.29) is 5.69 Å². The molecule has 3 aromatic rings. The number of hydrogen-bond acceptors (Lipinski definition) is 5. The number of nitro groups is 1. The normalized spacial score (nSPS) is 10.6. The van der Waals surface area contributed by atoms with Crippen molar-refractivity contribution in [2.24, 2.45) is 0 Å². The highest BCUT2D eigenvalue weighted by Gasteiger charge is 2.08. The van der Waals surface area contributed by atoms with Gasteiger partial charge in [0.1, 0.15) is 6.33 Å². The molecule has 0 radical (unpaired) electrons. The molecule has 7 heteroatoms. The molecule has 0 saturated carbocycles. The first kappa shape index (κ1) is 15.2. The minimum absolute atomic E-state index is 0.0624. The molecule has 1 aromatic heterocycles. The second-order valence-electron chi connectivity index (χ2n) is 4.80. The molecule has 1 heterocycles. The number of nitro benzene ring substituents is 1. The molecule has 0 spiro atoms. The van der Waals surface area contributed by atoms with Crippen LogP contribution in [0, 0.1) is 10.1 Å². The van der Waals surface area contributed by atoms with Gasteiger partial charge < -0.3 is 0 Å². The van der Waals surface area contributed by atoms with E-state index in [0.717, 1.165) is 17.9 Å². The number of thioether (sulfide) groups is 1. The largest absolute Gasteiger partial charge is 0.269 e. The fourth-order valence-corrected chi connectivity index (χ4v) is 2.90. The van der Waals surface area contributed by atoms with Crippen LogP contribution in [0.1, 0.15) is 0 Å². The molecule has 23 heavy (non-hydrogen) atoms. The van der Waals surface area contributed by atoms with Gasteiger partial charge in [-0.25, -0.2) is 4.98 Å². The van der Waals surface area contributed by atoms with Crippen molar-refractivity contribution in [3.05, 3.63) is 71.0 Å². The van der Waals surface area contributed by atoms with Gasteiger partial charge in [-0.2, -0.15) is 5.10 Å². The van der Waals surface area contributed by atoms with Crippen molar-refractivity contribution in [3.8, 4) is 11.4 Å². The van der Waals surface area contributed by atoms with Crippen molar-refractivity contribution in [1.82, 2.24) is 14.8 Å². The Kier molecular flexibility index (Phi) is 4.68. The molecule has 3 rings (SSSR count). The third kappa shape index (κ3) is 3.95. The summed E-state index contributed by atoms with van der Waals surface area (Å²) in [6.07, 6.45) is 1.68. The molecule has 0 amide bonds. The van der Waals surface area contributed by atoms with E-state index in [1.807, 2.05) is 18.2 Å². The van der Waals surface area contributed by atoms with Gasteiger partial charge in [-0.05, 0) is 24.3 Å². The lowest BCUT2D eigenvalue weighted by Gasteiger charge is -2.01. The van der Waals surface area contributed by atoms with Crippen LogP contribution in [0.15, 0.2) is 65.8 Å². The standard InChI is InChI=1S/C16H14N4O2S/c21-20(22)14-8-6-13(7-9-14)16-17-12-19(18-16)10-11-23-15-4-2-1-3-5-15/h1-9,12H,10-11H2. The minimum atomic E-state index is -0.420. The van der Waals surface area contributed by atoms with Gasteiger partial charge >= 0.3 is 0 Å². The Morgan fingerprint density at radius 2 is 1.83 bits per heavy atom. The molecule has 0 N–H and O–H groups in total. The molecule has 0 bridgehead atoms. The van der Waals surface area contributed by atoms with Crippen molar-refractivity contribution >= 4 is 17.4 Å². The van der Waals surface area contributed by atoms with Gasteiger partial charge in [0.15, 0.2) is 5.82 Å². The predicted octanol–water partition coefficient (Wildman–Crippen LogP) is 3.65. The van der Waals surface area contributed by atoms with E-state index in [4.69, 9.17) is 0 Å². The smallest absolute Gasteiger partial charge is 0.258 e. The summed E-state index contributed by atoms with van der Waals surface area (Å²) in [4.78, 5) is 15.7. The first-order valence-corrected chi connectivity index (χ1v) is 8.03. The maximum Gasteiger partial charge on any atom is 0.269 e. The van der Waals surface area contributed by atoms with E-state index in [1.54, 1.807) is 34.9 Å². The average molecular weight is 326 g/mol. The molecule has 0 aliphatic carbocycles. The zero-order valence-corrected chi connectivity index (χ0v) is 13.0. The van der Waals surface area contributed by atoms with Crippen LogP contribution in [-0.4, -0.2) is 25.4 Å². The fourth-order valence-electron chi connectivity index (χ4n) is 2.04. The third-order valence-electron chi connectivity index (χ3n) is 3.21. The van der Waals surface area contributed by atoms with Crippen molar-refractivity contribution in [1.29, 1.82) is 0 Å². The van der Waals surface area contributed by atoms with Gasteiger partial charge in [0.2, 0.25) is 0 Å². The number of rotatable bonds is 6. The predicted molar refractivity (Wildman–Crippen MR) is 89.3 cm³/mol. The van der Waals surface area contributed by atoms with E-state index < -0.39 is 4.92 Å². The molecule has 0 aliphatic heterocycles. The Bertz CT molecular complexity index is 787. The Hall–Kier alpha value is -2.67. The van der Waals surface area contributed by atoms with Gasteiger partial charge in [-0.3, -0.25) is 14.8 Å². The topological polar surface area (TPSA) is 73.8 Å². The van der Waals surface area contributed by atoms with Crippen LogP contribution in [0.4, 0.5) is 5.69 Å². The van der Waals surface area contributed by atoms with E-state index in [9.17, 15) is 10.1 Å². The van der Waals surface area contributed by atoms with Crippen LogP contribution in [-0.2, 0) is 6.54 Å². The Labute approximate surface area is 137 Å². The third-order valence-corrected chi connectivity index (χ3v) is 4.20. The van der Waals surface area contributed by atoms with Gasteiger partial charge in [-0.1, -0.05) is 18.2 Å². The molecular weight excluding hydrogens is 312 g/mol. The first-order chi connectivity index (χ1) is 11.2. The molecule has 2 aromatic carbocycles. The number of hydrogen-bond donors (Lipinski definition) is 0. The van der Waals surface area contributed by atoms with Crippen LogP contribution in [0.3, 0.4) is 0 Å². The van der Waals surface area contributed by atoms with Crippen LogP contribution in [0.2, 0.25) is 0 Å². The van der Waals surface area contributed by atoms with E-state index in [2.05, 4.69) is 22.2 Å². The maximum absolute atomic E-state index is 10.7. The van der Waals surface area contributed by atoms with E-state index in [1.165, 1.54) is 17.0 Å². The summed E-state index contributed by atoms with van der Waals surface area (Å²) in [6, 6.07) is 16.4. The van der Waals surface area contributed by atoms with E-state index >= 15 is 0 Å². The summed E-state index contributed by atoms with van der Waals surface area (Å²) >= 11 is 1.76. The highest BCUT2D eigenvalue weighted by molar-refractivity contribution is 7.99. The number of non-ortho nitro benzene ring substituents is 1. The van der Waals surface area contributed by atoms with Gasteiger partial charge in [0.25, 0.3) is 5.69 Å². The number of benzene rings is 2. The van der Waals surface area contributed by atoms with Crippen LogP contribution in [0.25, 0.3) is 11.4 Å². The summed E-state index contributed by atoms with van der Waals surface area (Å²) in [7, 11) is 0. The zero-order chi connectivity index (χ0) is 16.1. The van der Waals surface area contributed by atoms with Crippen molar-refractivity contribution in [3.63, 3.8) is 0 Å². The summed E-state index contributed by atoms with van der Waals surface area (Å²) in [5.74, 6) is 1.47. The summed E-state index contributed by atoms with van der Waals surface area (Å²) < 4.78 is 1.78. The first-order valence-electron chi connectivity index (χ1n) is 7.04. The van der Waals surface area contributed by atoms with Gasteiger partial charge in [0.05, 0.1) is 11.5 Å². The molecule has 116 valence electrons. The quantitative estimate of drug-likeness (QED) is 0.393. The number of aromatic nitrogens is 3. The van der Waals surface area contributed by atoms with Crippen molar-refractivity contribution < 1.29 is 4.92 Å². The molecule has 0 aliphatic rings. The van der Waals surface area contributed by atoms with Gasteiger partial charge in [0, 0.05) is 28.3 Å². The average Bonchev–Trinajstić information content (AvgIpc) is 3.05. The zero-order valence-electron chi connectivity index (χ0n) is 12.2. The monoisotopic (exact) mass is 326 g/mol. The highest BCUT2D eigenvalue weighted by Crippen LogP contribution is 2.20. The molecular formula is C16H14N4O2S. The summed E-state index contributed by atoms with van der Waals surface area (Å²) in [5, 5.41) is 15.1. The maximum atomic E-state index is 10.7. The molecule has 0 fully saturated rings. The Morgan fingerprint density at radius 1 is 1.09 bits per heavy atom. The lowest BCUT2D eigenvalue weighted by Crippen LogP contribution is -2.01. The fraction of sp³-hybridized carbons (Fsp3) is 0.125. The lowest BCUT2D eigenvalue weighted by molar-refractivity contribution is -0.384. The highest BCUT2D eigenvalue weighted by atomic mass is 32.2. The van der Waals surface area contributed by atoms with Crippen LogP contribution in [0.5, 0.6) is 0 Å². The van der Waals surface area contributed by atoms with Crippen LogP contribution >= 0.6 is 11.8 Å². The molecule has 0 saturated heterocycles.